The van der Waals surface area contributed by atoms with E-state index in [1.165, 1.54) is 148 Å². The molecule has 0 rings (SSSR count). The summed E-state index contributed by atoms with van der Waals surface area (Å²) in [6.45, 7) is 8.12. The monoisotopic (exact) mass is 499 g/mol. The molecular weight excluding hydrogens is 432 g/mol. The van der Waals surface area contributed by atoms with Gasteiger partial charge in [-0.15, -0.1) is 0 Å². The van der Waals surface area contributed by atoms with Gasteiger partial charge >= 0.3 is 5.97 Å². The molecule has 0 aromatic rings. The molecule has 0 saturated heterocycles. The van der Waals surface area contributed by atoms with Crippen molar-refractivity contribution >= 4 is 5.97 Å². The Morgan fingerprint density at radius 2 is 0.886 bits per heavy atom. The molecule has 0 fully saturated rings. The van der Waals surface area contributed by atoms with E-state index in [-0.39, 0.29) is 0 Å². The van der Waals surface area contributed by atoms with E-state index >= 15 is 0 Å². The van der Waals surface area contributed by atoms with E-state index in [0.717, 1.165) is 12.8 Å². The van der Waals surface area contributed by atoms with Gasteiger partial charge in [0.25, 0.3) is 0 Å². The van der Waals surface area contributed by atoms with Gasteiger partial charge in [-0.25, -0.2) is 0 Å². The van der Waals surface area contributed by atoms with Gasteiger partial charge in [-0.1, -0.05) is 136 Å². The second-order valence-electron chi connectivity index (χ2n) is 10.8. The predicted molar refractivity (Wildman–Crippen MR) is 157 cm³/mol. The van der Waals surface area contributed by atoms with Crippen molar-refractivity contribution in [2.75, 3.05) is 33.7 Å². The molecule has 0 saturated carbocycles. The lowest BCUT2D eigenvalue weighted by Crippen LogP contribution is -2.22. The summed E-state index contributed by atoms with van der Waals surface area (Å²) in [6, 6.07) is 0. The van der Waals surface area contributed by atoms with Gasteiger partial charge < -0.3 is 15.3 Å². The summed E-state index contributed by atoms with van der Waals surface area (Å²) in [5, 5.41) is 12.0. The Labute approximate surface area is 221 Å². The highest BCUT2D eigenvalue weighted by atomic mass is 16.4. The first kappa shape index (κ1) is 36.5. The zero-order valence-corrected chi connectivity index (χ0v) is 24.7. The van der Waals surface area contributed by atoms with Crippen LogP contribution in [0.2, 0.25) is 0 Å². The molecule has 0 unspecified atom stereocenters. The van der Waals surface area contributed by atoms with E-state index in [1.807, 2.05) is 0 Å². The standard InChI is InChI=1S/C16H32O2.C15H34N2/c1-2-3-4-5-6-7-8-9-10-11-12-13-14-15-16(17)18;1-4-5-6-7-8-9-10-11-13-16-14-12-15-17(2)3/h2-15H2,1H3,(H,17,18);16H,4-15H2,1-3H3. The molecule has 0 bridgehead atoms. The summed E-state index contributed by atoms with van der Waals surface area (Å²) in [5.74, 6) is -0.655. The Morgan fingerprint density at radius 1 is 0.543 bits per heavy atom. The quantitative estimate of drug-likeness (QED) is 0.111. The predicted octanol–water partition coefficient (Wildman–Crippen LogP) is 9.22. The van der Waals surface area contributed by atoms with Crippen molar-refractivity contribution in [3.63, 3.8) is 0 Å². The van der Waals surface area contributed by atoms with Crippen LogP contribution in [0.5, 0.6) is 0 Å². The number of carbonyl (C=O) groups is 1. The van der Waals surface area contributed by atoms with Gasteiger partial charge in [-0.3, -0.25) is 4.79 Å². The second kappa shape index (κ2) is 33.4. The highest BCUT2D eigenvalue weighted by molar-refractivity contribution is 5.66. The maximum Gasteiger partial charge on any atom is 0.303 e. The van der Waals surface area contributed by atoms with Crippen molar-refractivity contribution < 1.29 is 9.90 Å². The number of unbranched alkanes of at least 4 members (excludes halogenated alkanes) is 19. The Morgan fingerprint density at radius 3 is 1.26 bits per heavy atom. The van der Waals surface area contributed by atoms with Crippen molar-refractivity contribution in [3.05, 3.63) is 0 Å². The summed E-state index contributed by atoms with van der Waals surface area (Å²) in [6.07, 6.45) is 29.9. The van der Waals surface area contributed by atoms with E-state index in [0.29, 0.717) is 6.42 Å². The first-order valence-corrected chi connectivity index (χ1v) is 15.6. The molecule has 0 aliphatic carbocycles. The number of nitrogens with one attached hydrogen (secondary N) is 1. The van der Waals surface area contributed by atoms with Crippen molar-refractivity contribution in [1.29, 1.82) is 0 Å². The molecule has 2 N–H and O–H groups in total. The van der Waals surface area contributed by atoms with Crippen molar-refractivity contribution in [2.45, 2.75) is 162 Å². The number of carboxylic acid groups (broad SMARTS) is 1. The summed E-state index contributed by atoms with van der Waals surface area (Å²) in [7, 11) is 4.27. The number of aliphatic carboxylic acids is 1. The Kier molecular flexibility index (Phi) is 34.9. The zero-order chi connectivity index (χ0) is 26.2. The minimum Gasteiger partial charge on any atom is -0.481 e. The molecule has 4 nitrogen and oxygen atoms in total. The molecule has 0 aliphatic heterocycles. The third-order valence-corrected chi connectivity index (χ3v) is 6.66. The highest BCUT2D eigenvalue weighted by Crippen LogP contribution is 2.13. The van der Waals surface area contributed by atoms with Crippen LogP contribution >= 0.6 is 0 Å². The van der Waals surface area contributed by atoms with Crippen LogP contribution in [-0.4, -0.2) is 49.7 Å². The molecule has 0 radical (unpaired) electrons. The molecule has 0 atom stereocenters. The van der Waals surface area contributed by atoms with Crippen LogP contribution in [-0.2, 0) is 4.79 Å². The zero-order valence-electron chi connectivity index (χ0n) is 24.7. The number of nitrogens with zero attached hydrogens (tertiary/aromatic N) is 1. The van der Waals surface area contributed by atoms with Crippen LogP contribution in [0.15, 0.2) is 0 Å². The van der Waals surface area contributed by atoms with Gasteiger partial charge in [0.05, 0.1) is 0 Å². The third-order valence-electron chi connectivity index (χ3n) is 6.66. The molecule has 0 aromatic carbocycles. The minimum absolute atomic E-state index is 0.345. The van der Waals surface area contributed by atoms with Crippen molar-refractivity contribution in [2.24, 2.45) is 0 Å². The topological polar surface area (TPSA) is 52.6 Å². The fourth-order valence-corrected chi connectivity index (χ4v) is 4.32. The molecule has 0 aliphatic rings. The van der Waals surface area contributed by atoms with E-state index in [1.54, 1.807) is 0 Å². The molecule has 212 valence electrons. The van der Waals surface area contributed by atoms with Gasteiger partial charge in [-0.2, -0.15) is 0 Å². The Balaban J connectivity index is 0. The van der Waals surface area contributed by atoms with Gasteiger partial charge in [-0.05, 0) is 53.0 Å². The lowest BCUT2D eigenvalue weighted by atomic mass is 10.0. The number of hydrogen-bond donors (Lipinski definition) is 2. The van der Waals surface area contributed by atoms with Crippen LogP contribution in [0.4, 0.5) is 0 Å². The van der Waals surface area contributed by atoms with E-state index in [4.69, 9.17) is 5.11 Å². The third kappa shape index (κ3) is 40.8. The van der Waals surface area contributed by atoms with Crippen LogP contribution in [0, 0.1) is 0 Å². The molecule has 0 amide bonds. The van der Waals surface area contributed by atoms with E-state index < -0.39 is 5.97 Å². The first-order valence-electron chi connectivity index (χ1n) is 15.6. The molecule has 0 spiro atoms. The van der Waals surface area contributed by atoms with Crippen LogP contribution < -0.4 is 5.32 Å². The van der Waals surface area contributed by atoms with E-state index in [2.05, 4.69) is 38.2 Å². The fraction of sp³-hybridized carbons (Fsp3) is 0.968. The number of carboxylic acids is 1. The minimum atomic E-state index is -0.655. The number of hydrogen-bond acceptors (Lipinski definition) is 3. The van der Waals surface area contributed by atoms with Crippen molar-refractivity contribution in [1.82, 2.24) is 10.2 Å². The smallest absolute Gasteiger partial charge is 0.303 e. The van der Waals surface area contributed by atoms with Crippen LogP contribution in [0.3, 0.4) is 0 Å². The summed E-state index contributed by atoms with van der Waals surface area (Å²) >= 11 is 0. The SMILES string of the molecule is CCCCCCCCCCCCCCCC(=O)O.CCCCCCCCCCNCCCN(C)C. The van der Waals surface area contributed by atoms with Gasteiger partial charge in [0, 0.05) is 6.42 Å². The maximum atomic E-state index is 10.3. The number of rotatable bonds is 27. The second-order valence-corrected chi connectivity index (χ2v) is 10.8. The summed E-state index contributed by atoms with van der Waals surface area (Å²) < 4.78 is 0. The van der Waals surface area contributed by atoms with Crippen molar-refractivity contribution in [3.8, 4) is 0 Å². The maximum absolute atomic E-state index is 10.3. The average molecular weight is 499 g/mol. The lowest BCUT2D eigenvalue weighted by Gasteiger charge is -2.09. The molecule has 0 heterocycles. The summed E-state index contributed by atoms with van der Waals surface area (Å²) in [5.41, 5.74) is 0. The van der Waals surface area contributed by atoms with Gasteiger partial charge in [0.15, 0.2) is 0 Å². The summed E-state index contributed by atoms with van der Waals surface area (Å²) in [4.78, 5) is 12.5. The van der Waals surface area contributed by atoms with E-state index in [9.17, 15) is 4.79 Å². The van der Waals surface area contributed by atoms with Gasteiger partial charge in [0.1, 0.15) is 0 Å². The average Bonchev–Trinajstić information content (AvgIpc) is 2.83. The Bertz CT molecular complexity index is 388. The Hall–Kier alpha value is -0.610. The molecule has 0 aromatic heterocycles. The molecule has 35 heavy (non-hydrogen) atoms. The highest BCUT2D eigenvalue weighted by Gasteiger charge is 1.97. The van der Waals surface area contributed by atoms with Crippen LogP contribution in [0.1, 0.15) is 162 Å². The fourth-order valence-electron chi connectivity index (χ4n) is 4.32. The normalized spacial score (nSPS) is 11.0. The first-order chi connectivity index (χ1) is 17.0. The van der Waals surface area contributed by atoms with Gasteiger partial charge in [0.2, 0.25) is 0 Å². The molecular formula is C31H66N2O2. The largest absolute Gasteiger partial charge is 0.481 e. The van der Waals surface area contributed by atoms with Crippen LogP contribution in [0.25, 0.3) is 0 Å². The molecule has 4 heteroatoms. The lowest BCUT2D eigenvalue weighted by molar-refractivity contribution is -0.137.